The van der Waals surface area contributed by atoms with E-state index in [0.717, 1.165) is 68.8 Å². The highest BCUT2D eigenvalue weighted by molar-refractivity contribution is 7.50. The van der Waals surface area contributed by atoms with Crippen molar-refractivity contribution in [3.05, 3.63) is 41.0 Å². The number of phenols is 2. The maximum atomic E-state index is 10.9. The second-order valence-corrected chi connectivity index (χ2v) is 11.1. The summed E-state index contributed by atoms with van der Waals surface area (Å²) in [6.45, 7) is 21.6. The van der Waals surface area contributed by atoms with Crippen LogP contribution in [0.4, 0.5) is 0 Å². The minimum atomic E-state index is -0.482. The number of aromatic hydroxyl groups is 2. The van der Waals surface area contributed by atoms with E-state index in [-0.39, 0.29) is 11.5 Å². The van der Waals surface area contributed by atoms with E-state index in [1.54, 1.807) is 13.2 Å². The molecule has 2 aromatic carbocycles. The fraction of sp³-hybridized carbons (Fsp3) is 0.571. The molecule has 0 aromatic heterocycles. The summed E-state index contributed by atoms with van der Waals surface area (Å²) in [6.07, 6.45) is 1.93. The number of methoxy groups -OCH3 is 1. The molecule has 2 aromatic rings. The summed E-state index contributed by atoms with van der Waals surface area (Å²) in [7, 11) is 1.06. The molecule has 0 heterocycles. The highest BCUT2D eigenvalue weighted by Gasteiger charge is 2.27. The summed E-state index contributed by atoms with van der Waals surface area (Å²) in [5.41, 5.74) is 4.46. The molecule has 0 spiro atoms. The van der Waals surface area contributed by atoms with Crippen molar-refractivity contribution < 1.29 is 14.9 Å². The minimum Gasteiger partial charge on any atom is -0.507 e. The van der Waals surface area contributed by atoms with Gasteiger partial charge in [-0.25, -0.2) is 0 Å². The number of aryl methyl sites for hydroxylation is 3. The molecule has 0 unspecified atom stereocenters. The Balaban J connectivity index is 2.23. The van der Waals surface area contributed by atoms with Gasteiger partial charge in [-0.05, 0) is 67.6 Å². The van der Waals surface area contributed by atoms with Crippen LogP contribution in [0.1, 0.15) is 57.7 Å². The van der Waals surface area contributed by atoms with Crippen LogP contribution in [0, 0.1) is 13.8 Å². The predicted molar refractivity (Wildman–Crippen MR) is 150 cm³/mol. The number of benzene rings is 2. The second-order valence-electron chi connectivity index (χ2n) is 8.86. The SMILES string of the molecule is CCN(CC)P(N(CC)CC)N(CC)CCCc1cc(O)c(-c2cc(C)cc(OC)c2O)cc1C. The third-order valence-corrected chi connectivity index (χ3v) is 9.76. The van der Waals surface area contributed by atoms with E-state index in [4.69, 9.17) is 4.74 Å². The Morgan fingerprint density at radius 2 is 1.34 bits per heavy atom. The molecule has 7 heteroatoms. The summed E-state index contributed by atoms with van der Waals surface area (Å²) in [4.78, 5) is 0. The van der Waals surface area contributed by atoms with Gasteiger partial charge in [0.15, 0.2) is 11.5 Å². The van der Waals surface area contributed by atoms with Crippen molar-refractivity contribution in [2.45, 2.75) is 61.3 Å². The molecule has 0 radical (unpaired) electrons. The molecule has 6 nitrogen and oxygen atoms in total. The lowest BCUT2D eigenvalue weighted by molar-refractivity contribution is 0.342. The molecular formula is C28H46N3O3P. The second kappa shape index (κ2) is 14.0. The van der Waals surface area contributed by atoms with Crippen molar-refractivity contribution >= 4 is 8.37 Å². The monoisotopic (exact) mass is 503 g/mol. The molecule has 0 aliphatic heterocycles. The molecular weight excluding hydrogens is 457 g/mol. The molecule has 0 aliphatic rings. The van der Waals surface area contributed by atoms with Crippen LogP contribution in [0.15, 0.2) is 24.3 Å². The van der Waals surface area contributed by atoms with Crippen LogP contribution in [0.25, 0.3) is 11.1 Å². The Morgan fingerprint density at radius 1 is 0.771 bits per heavy atom. The molecule has 0 amide bonds. The lowest BCUT2D eigenvalue weighted by atomic mass is 9.95. The normalized spacial score (nSPS) is 11.9. The zero-order valence-electron chi connectivity index (χ0n) is 23.1. The number of rotatable bonds is 14. The summed E-state index contributed by atoms with van der Waals surface area (Å²) in [6, 6.07) is 7.53. The van der Waals surface area contributed by atoms with Crippen molar-refractivity contribution in [1.82, 2.24) is 14.0 Å². The van der Waals surface area contributed by atoms with Gasteiger partial charge in [0.25, 0.3) is 0 Å². The van der Waals surface area contributed by atoms with Crippen LogP contribution in [-0.4, -0.2) is 70.6 Å². The molecule has 196 valence electrons. The zero-order valence-corrected chi connectivity index (χ0v) is 24.0. The number of ether oxygens (including phenoxy) is 1. The Morgan fingerprint density at radius 3 is 1.86 bits per heavy atom. The van der Waals surface area contributed by atoms with Crippen molar-refractivity contribution in [2.24, 2.45) is 0 Å². The van der Waals surface area contributed by atoms with Crippen molar-refractivity contribution in [1.29, 1.82) is 0 Å². The van der Waals surface area contributed by atoms with E-state index in [1.807, 2.05) is 25.1 Å². The molecule has 0 bridgehead atoms. The van der Waals surface area contributed by atoms with Crippen molar-refractivity contribution in [2.75, 3.05) is 46.4 Å². The van der Waals surface area contributed by atoms with Crippen molar-refractivity contribution in [3.8, 4) is 28.4 Å². The Bertz CT molecular complexity index is 934. The molecule has 2 N–H and O–H groups in total. The van der Waals surface area contributed by atoms with Gasteiger partial charge in [0, 0.05) is 50.4 Å². The Labute approximate surface area is 214 Å². The van der Waals surface area contributed by atoms with Crippen LogP contribution in [0.5, 0.6) is 17.2 Å². The van der Waals surface area contributed by atoms with Gasteiger partial charge in [-0.15, -0.1) is 0 Å². The first-order chi connectivity index (χ1) is 16.8. The lowest BCUT2D eigenvalue weighted by Crippen LogP contribution is -2.38. The van der Waals surface area contributed by atoms with Gasteiger partial charge < -0.3 is 14.9 Å². The summed E-state index contributed by atoms with van der Waals surface area (Å²) < 4.78 is 13.1. The molecule has 0 atom stereocenters. The summed E-state index contributed by atoms with van der Waals surface area (Å²) in [5.74, 6) is 0.661. The molecule has 0 fully saturated rings. The van der Waals surface area contributed by atoms with Gasteiger partial charge in [-0.2, -0.15) is 0 Å². The average molecular weight is 504 g/mol. The molecule has 35 heavy (non-hydrogen) atoms. The van der Waals surface area contributed by atoms with Crippen LogP contribution in [0.3, 0.4) is 0 Å². The van der Waals surface area contributed by atoms with E-state index < -0.39 is 8.37 Å². The highest BCUT2D eigenvalue weighted by atomic mass is 31.2. The quantitative estimate of drug-likeness (QED) is 0.285. The minimum absolute atomic E-state index is 0.0558. The summed E-state index contributed by atoms with van der Waals surface area (Å²) in [5, 5.41) is 21.5. The number of nitrogens with zero attached hydrogens (tertiary/aromatic N) is 3. The van der Waals surface area contributed by atoms with Gasteiger partial charge in [-0.3, -0.25) is 14.0 Å². The van der Waals surface area contributed by atoms with E-state index >= 15 is 0 Å². The first-order valence-electron chi connectivity index (χ1n) is 13.0. The lowest BCUT2D eigenvalue weighted by Gasteiger charge is -2.43. The Kier molecular flexibility index (Phi) is 11.8. The van der Waals surface area contributed by atoms with Crippen LogP contribution >= 0.6 is 8.37 Å². The smallest absolute Gasteiger partial charge is 0.165 e. The molecule has 2 rings (SSSR count). The van der Waals surface area contributed by atoms with Crippen molar-refractivity contribution in [3.63, 3.8) is 0 Å². The average Bonchev–Trinajstić information content (AvgIpc) is 2.85. The first kappa shape index (κ1) is 29.4. The maximum absolute atomic E-state index is 10.9. The zero-order chi connectivity index (χ0) is 26.1. The van der Waals surface area contributed by atoms with Gasteiger partial charge in [0.05, 0.1) is 7.11 Å². The highest BCUT2D eigenvalue weighted by Crippen LogP contribution is 2.47. The van der Waals surface area contributed by atoms with E-state index in [1.165, 1.54) is 0 Å². The van der Waals surface area contributed by atoms with Crippen LogP contribution in [0.2, 0.25) is 0 Å². The fourth-order valence-corrected chi connectivity index (χ4v) is 7.31. The molecule has 0 aliphatic carbocycles. The molecule has 0 saturated carbocycles. The first-order valence-corrected chi connectivity index (χ1v) is 14.2. The molecule has 0 saturated heterocycles. The van der Waals surface area contributed by atoms with E-state index in [2.05, 4.69) is 55.6 Å². The van der Waals surface area contributed by atoms with Crippen LogP contribution < -0.4 is 4.74 Å². The Hall–Kier alpha value is -1.85. The van der Waals surface area contributed by atoms with Gasteiger partial charge in [0.2, 0.25) is 0 Å². The predicted octanol–water partition coefficient (Wildman–Crippen LogP) is 6.56. The van der Waals surface area contributed by atoms with Gasteiger partial charge >= 0.3 is 0 Å². The van der Waals surface area contributed by atoms with Crippen LogP contribution in [-0.2, 0) is 6.42 Å². The van der Waals surface area contributed by atoms with E-state index in [0.29, 0.717) is 16.9 Å². The third kappa shape index (κ3) is 7.10. The topological polar surface area (TPSA) is 59.4 Å². The maximum Gasteiger partial charge on any atom is 0.165 e. The number of hydrogen-bond donors (Lipinski definition) is 2. The summed E-state index contributed by atoms with van der Waals surface area (Å²) >= 11 is 0. The van der Waals surface area contributed by atoms with Gasteiger partial charge in [0.1, 0.15) is 14.1 Å². The third-order valence-electron chi connectivity index (χ3n) is 6.63. The largest absolute Gasteiger partial charge is 0.507 e. The standard InChI is InChI=1S/C28H46N3O3P/c1-9-29(10-2)35(30(11-3)12-4)31(13-5)16-14-15-23-20-26(32)24(19-22(23)7)25-17-21(6)18-27(34-8)28(25)33/h17-20,32-33H,9-16H2,1-8H3. The fourth-order valence-electron chi connectivity index (χ4n) is 4.65. The number of hydrogen-bond acceptors (Lipinski definition) is 6. The van der Waals surface area contributed by atoms with Gasteiger partial charge in [-0.1, -0.05) is 34.6 Å². The number of phenolic OH excluding ortho intramolecular Hbond substituents is 2. The van der Waals surface area contributed by atoms with E-state index in [9.17, 15) is 10.2 Å².